The molecule has 1 aromatic heterocycles. The van der Waals surface area contributed by atoms with Gasteiger partial charge in [0.05, 0.1) is 6.10 Å². The minimum atomic E-state index is -3.40. The molecular weight excluding hydrogens is 376 g/mol. The highest BCUT2D eigenvalue weighted by atomic mass is 32.2. The largest absolute Gasteiger partial charge is 0.391 e. The number of likely N-dealkylation sites (tertiary alicyclic amines) is 1. The lowest BCUT2D eigenvalue weighted by Gasteiger charge is -2.41. The predicted molar refractivity (Wildman–Crippen MR) is 109 cm³/mol. The van der Waals surface area contributed by atoms with Crippen LogP contribution in [0.1, 0.15) is 51.4 Å². The molecule has 2 saturated heterocycles. The van der Waals surface area contributed by atoms with E-state index < -0.39 is 10.0 Å². The monoisotopic (exact) mass is 408 g/mol. The molecular formula is C20H32N4O3S. The third-order valence-electron chi connectivity index (χ3n) is 6.48. The molecule has 0 bridgehead atoms. The van der Waals surface area contributed by atoms with Crippen LogP contribution in [0.15, 0.2) is 23.2 Å². The van der Waals surface area contributed by atoms with Gasteiger partial charge in [-0.2, -0.15) is 4.31 Å². The van der Waals surface area contributed by atoms with Gasteiger partial charge in [0.1, 0.15) is 10.7 Å². The molecule has 0 aromatic carbocycles. The maximum atomic E-state index is 12.6. The third kappa shape index (κ3) is 4.35. The quantitative estimate of drug-likeness (QED) is 0.776. The van der Waals surface area contributed by atoms with Gasteiger partial charge >= 0.3 is 0 Å². The van der Waals surface area contributed by atoms with Crippen LogP contribution in [-0.2, 0) is 10.0 Å². The van der Waals surface area contributed by atoms with Gasteiger partial charge in [-0.25, -0.2) is 13.4 Å². The fourth-order valence-electron chi connectivity index (χ4n) is 4.80. The predicted octanol–water partition coefficient (Wildman–Crippen LogP) is 2.05. The summed E-state index contributed by atoms with van der Waals surface area (Å²) in [6, 6.07) is 4.10. The van der Waals surface area contributed by atoms with Crippen LogP contribution in [0.4, 0.5) is 5.82 Å². The molecule has 7 nitrogen and oxygen atoms in total. The highest BCUT2D eigenvalue weighted by Gasteiger charge is 2.31. The smallest absolute Gasteiger partial charge is 0.244 e. The Morgan fingerprint density at radius 3 is 2.32 bits per heavy atom. The Morgan fingerprint density at radius 1 is 0.964 bits per heavy atom. The Kier molecular flexibility index (Phi) is 6.20. The Hall–Kier alpha value is -1.22. The summed E-state index contributed by atoms with van der Waals surface area (Å²) in [6.07, 6.45) is 9.59. The number of hydrogen-bond donors (Lipinski definition) is 2. The summed E-state index contributed by atoms with van der Waals surface area (Å²) >= 11 is 0. The molecule has 8 heteroatoms. The number of hydrogen-bond acceptors (Lipinski definition) is 6. The summed E-state index contributed by atoms with van der Waals surface area (Å²) in [5.74, 6) is 0.733. The molecule has 0 amide bonds. The maximum Gasteiger partial charge on any atom is 0.244 e. The van der Waals surface area contributed by atoms with Crippen molar-refractivity contribution in [2.24, 2.45) is 0 Å². The molecule has 2 atom stereocenters. The summed E-state index contributed by atoms with van der Waals surface area (Å²) in [4.78, 5) is 7.09. The lowest BCUT2D eigenvalue weighted by atomic mass is 9.89. The van der Waals surface area contributed by atoms with Gasteiger partial charge in [-0.15, -0.1) is 0 Å². The van der Waals surface area contributed by atoms with Gasteiger partial charge in [0.15, 0.2) is 0 Å². The van der Waals surface area contributed by atoms with Crippen molar-refractivity contribution >= 4 is 15.8 Å². The zero-order valence-corrected chi connectivity index (χ0v) is 17.3. The average Bonchev–Trinajstić information content (AvgIpc) is 3.25. The molecule has 2 aliphatic heterocycles. The highest BCUT2D eigenvalue weighted by molar-refractivity contribution is 7.89. The lowest BCUT2D eigenvalue weighted by Crippen LogP contribution is -2.50. The van der Waals surface area contributed by atoms with Gasteiger partial charge in [0.25, 0.3) is 0 Å². The van der Waals surface area contributed by atoms with Crippen molar-refractivity contribution in [3.05, 3.63) is 18.3 Å². The van der Waals surface area contributed by atoms with Crippen molar-refractivity contribution in [1.82, 2.24) is 14.2 Å². The third-order valence-corrected chi connectivity index (χ3v) is 8.37. The summed E-state index contributed by atoms with van der Waals surface area (Å²) in [7, 11) is -3.40. The maximum absolute atomic E-state index is 12.6. The number of piperidine rings is 1. The van der Waals surface area contributed by atoms with Crippen LogP contribution in [0, 0.1) is 0 Å². The van der Waals surface area contributed by atoms with E-state index in [1.54, 1.807) is 16.4 Å². The molecule has 0 spiro atoms. The molecule has 2 N–H and O–H groups in total. The van der Waals surface area contributed by atoms with E-state index in [2.05, 4.69) is 15.2 Å². The standard InChI is InChI=1S/C20H32N4O3S/c25-19-6-2-1-5-18(19)23-13-9-16(10-14-23)22-20-8-7-17(15-21-20)28(26,27)24-11-3-4-12-24/h7-8,15-16,18-19,25H,1-6,9-14H2,(H,21,22). The van der Waals surface area contributed by atoms with Crippen molar-refractivity contribution in [2.75, 3.05) is 31.5 Å². The van der Waals surface area contributed by atoms with Crippen LogP contribution in [0.25, 0.3) is 0 Å². The van der Waals surface area contributed by atoms with Crippen LogP contribution < -0.4 is 5.32 Å². The van der Waals surface area contributed by atoms with Gasteiger partial charge in [0.2, 0.25) is 10.0 Å². The van der Waals surface area contributed by atoms with Crippen molar-refractivity contribution in [1.29, 1.82) is 0 Å². The summed E-state index contributed by atoms with van der Waals surface area (Å²) < 4.78 is 26.7. The molecule has 4 rings (SSSR count). The second-order valence-corrected chi connectivity index (χ2v) is 10.3. The van der Waals surface area contributed by atoms with E-state index in [0.717, 1.165) is 63.9 Å². The molecule has 3 fully saturated rings. The number of aliphatic hydroxyl groups excluding tert-OH is 1. The van der Waals surface area contributed by atoms with Crippen LogP contribution in [0.2, 0.25) is 0 Å². The van der Waals surface area contributed by atoms with Crippen LogP contribution >= 0.6 is 0 Å². The Balaban J connectivity index is 1.30. The summed E-state index contributed by atoms with van der Waals surface area (Å²) in [5.41, 5.74) is 0. The first-order valence-electron chi connectivity index (χ1n) is 10.7. The Bertz CT molecular complexity index is 741. The fraction of sp³-hybridized carbons (Fsp3) is 0.750. The first kappa shape index (κ1) is 20.1. The average molecular weight is 409 g/mol. The highest BCUT2D eigenvalue weighted by Crippen LogP contribution is 2.27. The number of rotatable bonds is 5. The van der Waals surface area contributed by atoms with Gasteiger partial charge < -0.3 is 10.4 Å². The lowest BCUT2D eigenvalue weighted by molar-refractivity contribution is 0.00992. The minimum Gasteiger partial charge on any atom is -0.391 e. The molecule has 156 valence electrons. The fourth-order valence-corrected chi connectivity index (χ4v) is 6.26. The molecule has 0 radical (unpaired) electrons. The van der Waals surface area contributed by atoms with E-state index in [1.807, 2.05) is 0 Å². The first-order chi connectivity index (χ1) is 13.5. The van der Waals surface area contributed by atoms with Gasteiger partial charge in [0, 0.05) is 44.5 Å². The number of anilines is 1. The number of nitrogens with zero attached hydrogens (tertiary/aromatic N) is 3. The van der Waals surface area contributed by atoms with E-state index in [1.165, 1.54) is 12.6 Å². The number of nitrogens with one attached hydrogen (secondary N) is 1. The molecule has 3 heterocycles. The van der Waals surface area contributed by atoms with E-state index in [9.17, 15) is 13.5 Å². The van der Waals surface area contributed by atoms with Crippen LogP contribution in [-0.4, -0.2) is 72.1 Å². The Labute approximate surface area is 168 Å². The van der Waals surface area contributed by atoms with Crippen molar-refractivity contribution in [2.45, 2.75) is 74.4 Å². The van der Waals surface area contributed by atoms with Crippen molar-refractivity contribution < 1.29 is 13.5 Å². The second kappa shape index (κ2) is 8.65. The van der Waals surface area contributed by atoms with Gasteiger partial charge in [-0.1, -0.05) is 12.8 Å². The zero-order valence-electron chi connectivity index (χ0n) is 16.5. The SMILES string of the molecule is O=S(=O)(c1ccc(NC2CCN(C3CCCCC3O)CC2)nc1)N1CCCC1. The molecule has 1 aromatic rings. The second-order valence-electron chi connectivity index (χ2n) is 8.36. The van der Waals surface area contributed by atoms with E-state index in [4.69, 9.17) is 0 Å². The van der Waals surface area contributed by atoms with E-state index >= 15 is 0 Å². The van der Waals surface area contributed by atoms with Crippen LogP contribution in [0.5, 0.6) is 0 Å². The Morgan fingerprint density at radius 2 is 1.68 bits per heavy atom. The van der Waals surface area contributed by atoms with E-state index in [-0.39, 0.29) is 11.0 Å². The van der Waals surface area contributed by atoms with Gasteiger partial charge in [-0.05, 0) is 50.7 Å². The topological polar surface area (TPSA) is 85.8 Å². The number of pyridine rings is 1. The molecule has 28 heavy (non-hydrogen) atoms. The zero-order chi connectivity index (χ0) is 19.6. The molecule has 3 aliphatic rings. The normalized spacial score (nSPS) is 28.5. The number of aliphatic hydroxyl groups is 1. The summed E-state index contributed by atoms with van der Waals surface area (Å²) in [6.45, 7) is 3.19. The van der Waals surface area contributed by atoms with Crippen molar-refractivity contribution in [3.8, 4) is 0 Å². The van der Waals surface area contributed by atoms with Crippen molar-refractivity contribution in [3.63, 3.8) is 0 Å². The van der Waals surface area contributed by atoms with Gasteiger partial charge in [-0.3, -0.25) is 4.90 Å². The number of sulfonamides is 1. The summed E-state index contributed by atoms with van der Waals surface area (Å²) in [5, 5.41) is 13.7. The van der Waals surface area contributed by atoms with Crippen LogP contribution in [0.3, 0.4) is 0 Å². The molecule has 1 aliphatic carbocycles. The molecule has 2 unspecified atom stereocenters. The first-order valence-corrected chi connectivity index (χ1v) is 12.1. The minimum absolute atomic E-state index is 0.176. The molecule has 1 saturated carbocycles. The number of aromatic nitrogens is 1. The van der Waals surface area contributed by atoms with E-state index in [0.29, 0.717) is 25.2 Å².